The topological polar surface area (TPSA) is 94.7 Å². The van der Waals surface area contributed by atoms with Crippen molar-refractivity contribution in [2.75, 3.05) is 18.8 Å². The van der Waals surface area contributed by atoms with Gasteiger partial charge in [0.05, 0.1) is 10.5 Å². The number of fused-ring (bicyclic) bond motifs is 1. The zero-order valence-corrected chi connectivity index (χ0v) is 17.5. The number of rotatable bonds is 7. The largest absolute Gasteiger partial charge is 0.323 e. The first-order valence-electron chi connectivity index (χ1n) is 9.54. The monoisotopic (exact) mass is 416 g/mol. The van der Waals surface area contributed by atoms with Crippen LogP contribution in [0.25, 0.3) is 6.08 Å². The first-order valence-corrected chi connectivity index (χ1v) is 10.5. The number of nitro groups is 1. The number of carbonyl (C=O) groups is 1. The fraction of sp³-hybridized carbons (Fsp3) is 0.421. The van der Waals surface area contributed by atoms with Gasteiger partial charge in [-0.05, 0) is 37.8 Å². The van der Waals surface area contributed by atoms with Crippen molar-refractivity contribution >= 4 is 40.9 Å². The van der Waals surface area contributed by atoms with E-state index in [1.54, 1.807) is 63.1 Å². The standard InChI is InChI=1S/C19H24N6O3S/c1-4-22-16-17(23(5-2)19(22)26)24(18(21-16)29-6-3)20-13-9-11-14-10-7-8-12-15(14)25(27)28/h7-13,16-17H,4-6H2,1-3H3/b11-9+,20-13+. The van der Waals surface area contributed by atoms with Crippen LogP contribution < -0.4 is 0 Å². The molecule has 2 unspecified atom stereocenters. The normalized spacial score (nSPS) is 21.6. The number of nitro benzene ring substituents is 1. The molecule has 1 aromatic carbocycles. The van der Waals surface area contributed by atoms with Gasteiger partial charge in [0.2, 0.25) is 0 Å². The molecular formula is C19H24N6O3S. The van der Waals surface area contributed by atoms with Crippen molar-refractivity contribution < 1.29 is 9.72 Å². The van der Waals surface area contributed by atoms with Crippen LogP contribution in [-0.4, -0.2) is 68.3 Å². The molecule has 0 N–H and O–H groups in total. The molecular weight excluding hydrogens is 392 g/mol. The number of aliphatic imine (C=N–C) groups is 1. The molecule has 2 atom stereocenters. The van der Waals surface area contributed by atoms with Gasteiger partial charge in [-0.3, -0.25) is 19.9 Å². The molecule has 0 aliphatic carbocycles. The van der Waals surface area contributed by atoms with Crippen molar-refractivity contribution in [2.45, 2.75) is 33.1 Å². The number of hydrogen-bond acceptors (Lipinski definition) is 7. The van der Waals surface area contributed by atoms with Crippen molar-refractivity contribution in [2.24, 2.45) is 10.1 Å². The van der Waals surface area contributed by atoms with Crippen LogP contribution in [-0.2, 0) is 0 Å². The van der Waals surface area contributed by atoms with Crippen LogP contribution in [0.5, 0.6) is 0 Å². The minimum absolute atomic E-state index is 0.0371. The summed E-state index contributed by atoms with van der Waals surface area (Å²) < 4.78 is 0. The molecule has 0 bridgehead atoms. The summed E-state index contributed by atoms with van der Waals surface area (Å²) >= 11 is 1.57. The van der Waals surface area contributed by atoms with Gasteiger partial charge in [-0.2, -0.15) is 5.10 Å². The van der Waals surface area contributed by atoms with Gasteiger partial charge in [0.1, 0.15) is 0 Å². The van der Waals surface area contributed by atoms with Crippen LogP contribution in [0.1, 0.15) is 26.3 Å². The van der Waals surface area contributed by atoms with E-state index in [0.717, 1.165) is 10.9 Å². The molecule has 2 heterocycles. The summed E-state index contributed by atoms with van der Waals surface area (Å²) in [5, 5.41) is 18.2. The first kappa shape index (κ1) is 20.8. The van der Waals surface area contributed by atoms with Crippen molar-refractivity contribution in [1.82, 2.24) is 14.8 Å². The van der Waals surface area contributed by atoms with Gasteiger partial charge in [-0.15, -0.1) is 0 Å². The average Bonchev–Trinajstić information content (AvgIpc) is 3.18. The van der Waals surface area contributed by atoms with Gasteiger partial charge in [-0.25, -0.2) is 14.8 Å². The maximum atomic E-state index is 12.6. The van der Waals surface area contributed by atoms with E-state index in [0.29, 0.717) is 18.7 Å². The number of amides is 2. The second-order valence-electron chi connectivity index (χ2n) is 6.31. The van der Waals surface area contributed by atoms with Gasteiger partial charge in [-0.1, -0.05) is 30.8 Å². The molecule has 2 aliphatic rings. The lowest BCUT2D eigenvalue weighted by Crippen LogP contribution is -2.45. The zero-order chi connectivity index (χ0) is 21.0. The Morgan fingerprint density at radius 3 is 2.62 bits per heavy atom. The fourth-order valence-corrected chi connectivity index (χ4v) is 4.17. The number of hydrazone groups is 1. The van der Waals surface area contributed by atoms with Crippen molar-refractivity contribution in [1.29, 1.82) is 0 Å². The summed E-state index contributed by atoms with van der Waals surface area (Å²) in [6.45, 7) is 7.07. The van der Waals surface area contributed by atoms with E-state index >= 15 is 0 Å². The van der Waals surface area contributed by atoms with Crippen LogP contribution in [0.3, 0.4) is 0 Å². The van der Waals surface area contributed by atoms with Crippen LogP contribution >= 0.6 is 11.8 Å². The number of hydrogen-bond donors (Lipinski definition) is 0. The maximum absolute atomic E-state index is 12.6. The quantitative estimate of drug-likeness (QED) is 0.385. The third-order valence-corrected chi connectivity index (χ3v) is 5.57. The number of allylic oxidation sites excluding steroid dienone is 1. The summed E-state index contributed by atoms with van der Waals surface area (Å²) in [5.41, 5.74) is 0.544. The fourth-order valence-electron chi connectivity index (χ4n) is 3.44. The smallest absolute Gasteiger partial charge is 0.299 e. The number of para-hydroxylation sites is 1. The molecule has 0 saturated carbocycles. The van der Waals surface area contributed by atoms with Crippen LogP contribution in [0.15, 0.2) is 40.4 Å². The van der Waals surface area contributed by atoms with Gasteiger partial charge < -0.3 is 0 Å². The van der Waals surface area contributed by atoms with Crippen molar-refractivity contribution in [3.63, 3.8) is 0 Å². The Labute approximate surface area is 173 Å². The molecule has 10 heteroatoms. The summed E-state index contributed by atoms with van der Waals surface area (Å²) in [6, 6.07) is 6.49. The van der Waals surface area contributed by atoms with E-state index in [-0.39, 0.29) is 24.1 Å². The molecule has 29 heavy (non-hydrogen) atoms. The van der Waals surface area contributed by atoms with E-state index in [9.17, 15) is 14.9 Å². The molecule has 3 rings (SSSR count). The Kier molecular flexibility index (Phi) is 6.53. The molecule has 9 nitrogen and oxygen atoms in total. The number of urea groups is 1. The van der Waals surface area contributed by atoms with Crippen LogP contribution in [0.2, 0.25) is 0 Å². The highest BCUT2D eigenvalue weighted by Crippen LogP contribution is 2.34. The minimum atomic E-state index is -0.410. The minimum Gasteiger partial charge on any atom is -0.299 e. The Balaban J connectivity index is 1.84. The molecule has 154 valence electrons. The third kappa shape index (κ3) is 3.98. The Hall–Kier alpha value is -2.88. The number of amidine groups is 1. The predicted molar refractivity (Wildman–Crippen MR) is 116 cm³/mol. The molecule has 0 spiro atoms. The van der Waals surface area contributed by atoms with E-state index < -0.39 is 4.92 Å². The highest BCUT2D eigenvalue weighted by atomic mass is 32.2. The zero-order valence-electron chi connectivity index (χ0n) is 16.6. The number of thioether (sulfide) groups is 1. The lowest BCUT2D eigenvalue weighted by Gasteiger charge is -2.27. The summed E-state index contributed by atoms with van der Waals surface area (Å²) in [4.78, 5) is 31.6. The second-order valence-corrected chi connectivity index (χ2v) is 7.54. The van der Waals surface area contributed by atoms with Gasteiger partial charge in [0, 0.05) is 25.4 Å². The van der Waals surface area contributed by atoms with E-state index in [4.69, 9.17) is 4.99 Å². The molecule has 0 radical (unpaired) electrons. The summed E-state index contributed by atoms with van der Waals surface area (Å²) in [5.74, 6) is 0.836. The number of benzene rings is 1. The molecule has 2 aliphatic heterocycles. The number of nitrogens with zero attached hydrogens (tertiary/aromatic N) is 6. The molecule has 1 saturated heterocycles. The Morgan fingerprint density at radius 1 is 1.24 bits per heavy atom. The van der Waals surface area contributed by atoms with E-state index in [2.05, 4.69) is 5.10 Å². The van der Waals surface area contributed by atoms with Gasteiger partial charge >= 0.3 is 6.03 Å². The van der Waals surface area contributed by atoms with Gasteiger partial charge in [0.25, 0.3) is 5.69 Å². The lowest BCUT2D eigenvalue weighted by molar-refractivity contribution is -0.385. The number of carbonyl (C=O) groups excluding carboxylic acids is 1. The maximum Gasteiger partial charge on any atom is 0.323 e. The summed E-state index contributed by atoms with van der Waals surface area (Å²) in [7, 11) is 0. The first-order chi connectivity index (χ1) is 14.0. The van der Waals surface area contributed by atoms with E-state index in [1.807, 2.05) is 20.8 Å². The lowest BCUT2D eigenvalue weighted by atomic mass is 10.2. The molecule has 1 fully saturated rings. The second kappa shape index (κ2) is 9.08. The SMILES string of the molecule is CCSC1=NC2C(N(CC)C(=O)N2CC)N1/N=C/C=C/c1ccccc1[N+](=O)[O-]. The van der Waals surface area contributed by atoms with Crippen molar-refractivity contribution in [3.05, 3.63) is 46.0 Å². The highest BCUT2D eigenvalue weighted by molar-refractivity contribution is 8.13. The van der Waals surface area contributed by atoms with Crippen LogP contribution in [0, 0.1) is 10.1 Å². The number of likely N-dealkylation sites (N-methyl/N-ethyl adjacent to an activating group) is 2. The van der Waals surface area contributed by atoms with Gasteiger partial charge in [0.15, 0.2) is 17.5 Å². The highest BCUT2D eigenvalue weighted by Gasteiger charge is 2.52. The molecule has 0 aromatic heterocycles. The van der Waals surface area contributed by atoms with Crippen LogP contribution in [0.4, 0.5) is 10.5 Å². The average molecular weight is 417 g/mol. The predicted octanol–water partition coefficient (Wildman–Crippen LogP) is 3.45. The Bertz CT molecular complexity index is 871. The van der Waals surface area contributed by atoms with Crippen molar-refractivity contribution in [3.8, 4) is 0 Å². The summed E-state index contributed by atoms with van der Waals surface area (Å²) in [6.07, 6.45) is 4.33. The van der Waals surface area contributed by atoms with E-state index in [1.165, 1.54) is 6.07 Å². The molecule has 1 aromatic rings. The third-order valence-electron chi connectivity index (χ3n) is 4.73. The Morgan fingerprint density at radius 2 is 1.97 bits per heavy atom. The molecule has 2 amide bonds.